The number of hydrogen-bond acceptors (Lipinski definition) is 2. The highest BCUT2D eigenvalue weighted by Gasteiger charge is 2.25. The summed E-state index contributed by atoms with van der Waals surface area (Å²) in [4.78, 5) is 0. The smallest absolute Gasteiger partial charge is 0.0480 e. The summed E-state index contributed by atoms with van der Waals surface area (Å²) < 4.78 is 5.40. The third-order valence-electron chi connectivity index (χ3n) is 4.40. The van der Waals surface area contributed by atoms with E-state index in [0.29, 0.717) is 12.1 Å². The average Bonchev–Trinajstić information content (AvgIpc) is 2.30. The molecule has 2 aliphatic rings. The number of nitrogens with one attached hydrogen (secondary N) is 1. The zero-order valence-electron chi connectivity index (χ0n) is 10.9. The fraction of sp³-hybridized carbons (Fsp3) is 1.00. The number of hydrogen-bond donors (Lipinski definition) is 1. The molecule has 0 spiro atoms. The Bertz CT molecular complexity index is 201. The molecule has 2 rings (SSSR count). The third-order valence-corrected chi connectivity index (χ3v) is 4.40. The average molecular weight is 225 g/mol. The van der Waals surface area contributed by atoms with E-state index in [9.17, 15) is 0 Å². The lowest BCUT2D eigenvalue weighted by Gasteiger charge is -2.35. The van der Waals surface area contributed by atoms with Gasteiger partial charge in [-0.3, -0.25) is 0 Å². The van der Waals surface area contributed by atoms with Crippen LogP contribution in [0.25, 0.3) is 0 Å². The molecule has 0 aromatic carbocycles. The standard InChI is InChI=1S/C14H27NO/c1-11-4-3-5-13(10-11)12(2)15-14-6-8-16-9-7-14/h11-15H,3-10H2,1-2H3. The number of rotatable bonds is 3. The van der Waals surface area contributed by atoms with Crippen LogP contribution in [0.3, 0.4) is 0 Å². The van der Waals surface area contributed by atoms with Gasteiger partial charge in [-0.2, -0.15) is 0 Å². The zero-order chi connectivity index (χ0) is 11.4. The van der Waals surface area contributed by atoms with Gasteiger partial charge < -0.3 is 10.1 Å². The second-order valence-electron chi connectivity index (χ2n) is 5.87. The molecule has 2 nitrogen and oxygen atoms in total. The van der Waals surface area contributed by atoms with E-state index in [0.717, 1.165) is 25.0 Å². The minimum absolute atomic E-state index is 0.700. The van der Waals surface area contributed by atoms with Crippen molar-refractivity contribution in [3.8, 4) is 0 Å². The van der Waals surface area contributed by atoms with Gasteiger partial charge in [0.05, 0.1) is 0 Å². The predicted molar refractivity (Wildman–Crippen MR) is 67.6 cm³/mol. The molecule has 2 fully saturated rings. The highest BCUT2D eigenvalue weighted by Crippen LogP contribution is 2.31. The van der Waals surface area contributed by atoms with E-state index >= 15 is 0 Å². The van der Waals surface area contributed by atoms with Crippen molar-refractivity contribution in [1.82, 2.24) is 5.32 Å². The summed E-state index contributed by atoms with van der Waals surface area (Å²) in [6.45, 7) is 6.70. The third kappa shape index (κ3) is 3.46. The lowest BCUT2D eigenvalue weighted by molar-refractivity contribution is 0.0708. The lowest BCUT2D eigenvalue weighted by Crippen LogP contribution is -2.44. The molecule has 3 atom stereocenters. The van der Waals surface area contributed by atoms with Crippen molar-refractivity contribution in [3.05, 3.63) is 0 Å². The Morgan fingerprint density at radius 3 is 2.56 bits per heavy atom. The molecule has 1 saturated heterocycles. The molecule has 0 aromatic heterocycles. The Labute approximate surface area is 100 Å². The van der Waals surface area contributed by atoms with Crippen LogP contribution in [0.1, 0.15) is 52.4 Å². The molecule has 1 heterocycles. The Balaban J connectivity index is 1.75. The van der Waals surface area contributed by atoms with Gasteiger partial charge in [0, 0.05) is 25.3 Å². The Hall–Kier alpha value is -0.0800. The van der Waals surface area contributed by atoms with E-state index in [4.69, 9.17) is 4.74 Å². The normalized spacial score (nSPS) is 34.9. The van der Waals surface area contributed by atoms with Gasteiger partial charge in [-0.05, 0) is 44.4 Å². The van der Waals surface area contributed by atoms with Gasteiger partial charge in [0.1, 0.15) is 0 Å². The van der Waals surface area contributed by atoms with E-state index in [1.165, 1.54) is 38.5 Å². The van der Waals surface area contributed by atoms with Crippen LogP contribution in [0.5, 0.6) is 0 Å². The van der Waals surface area contributed by atoms with Crippen molar-refractivity contribution in [3.63, 3.8) is 0 Å². The minimum atomic E-state index is 0.700. The SMILES string of the molecule is CC1CCCC(C(C)NC2CCOCC2)C1. The fourth-order valence-electron chi connectivity index (χ4n) is 3.31. The molecule has 0 aromatic rings. The molecule has 1 saturated carbocycles. The van der Waals surface area contributed by atoms with E-state index in [-0.39, 0.29) is 0 Å². The molecule has 3 unspecified atom stereocenters. The van der Waals surface area contributed by atoms with Crippen molar-refractivity contribution in [2.45, 2.75) is 64.5 Å². The summed E-state index contributed by atoms with van der Waals surface area (Å²) in [5.74, 6) is 1.85. The van der Waals surface area contributed by atoms with Crippen LogP contribution in [0, 0.1) is 11.8 Å². The summed E-state index contributed by atoms with van der Waals surface area (Å²) in [5, 5.41) is 3.83. The molecule has 0 bridgehead atoms. The summed E-state index contributed by atoms with van der Waals surface area (Å²) in [7, 11) is 0. The van der Waals surface area contributed by atoms with Crippen molar-refractivity contribution in [2.24, 2.45) is 11.8 Å². The largest absolute Gasteiger partial charge is 0.381 e. The summed E-state index contributed by atoms with van der Waals surface area (Å²) in [5.41, 5.74) is 0. The first-order chi connectivity index (χ1) is 7.75. The van der Waals surface area contributed by atoms with Crippen molar-refractivity contribution >= 4 is 0 Å². The Morgan fingerprint density at radius 2 is 1.88 bits per heavy atom. The first-order valence-corrected chi connectivity index (χ1v) is 7.09. The van der Waals surface area contributed by atoms with Crippen LogP contribution in [0.15, 0.2) is 0 Å². The monoisotopic (exact) mass is 225 g/mol. The quantitative estimate of drug-likeness (QED) is 0.797. The molecule has 1 aliphatic carbocycles. The molecule has 1 aliphatic heterocycles. The van der Waals surface area contributed by atoms with Crippen molar-refractivity contribution < 1.29 is 4.74 Å². The molecule has 1 N–H and O–H groups in total. The summed E-state index contributed by atoms with van der Waals surface area (Å²) in [6.07, 6.45) is 8.14. The molecule has 0 amide bonds. The first-order valence-electron chi connectivity index (χ1n) is 7.09. The summed E-state index contributed by atoms with van der Waals surface area (Å²) in [6, 6.07) is 1.41. The molecule has 94 valence electrons. The molecule has 2 heteroatoms. The molecule has 16 heavy (non-hydrogen) atoms. The van der Waals surface area contributed by atoms with Gasteiger partial charge >= 0.3 is 0 Å². The van der Waals surface area contributed by atoms with Crippen molar-refractivity contribution in [1.29, 1.82) is 0 Å². The van der Waals surface area contributed by atoms with Crippen molar-refractivity contribution in [2.75, 3.05) is 13.2 Å². The van der Waals surface area contributed by atoms with Crippen LogP contribution in [-0.2, 0) is 4.74 Å². The van der Waals surface area contributed by atoms with Crippen LogP contribution in [0.2, 0.25) is 0 Å². The van der Waals surface area contributed by atoms with Crippen LogP contribution >= 0.6 is 0 Å². The lowest BCUT2D eigenvalue weighted by atomic mass is 9.79. The highest BCUT2D eigenvalue weighted by atomic mass is 16.5. The summed E-state index contributed by atoms with van der Waals surface area (Å²) >= 11 is 0. The van der Waals surface area contributed by atoms with Gasteiger partial charge in [-0.1, -0.05) is 19.8 Å². The molecular weight excluding hydrogens is 198 g/mol. The van der Waals surface area contributed by atoms with Crippen LogP contribution < -0.4 is 5.32 Å². The Morgan fingerprint density at radius 1 is 1.12 bits per heavy atom. The predicted octanol–water partition coefficient (Wildman–Crippen LogP) is 2.97. The topological polar surface area (TPSA) is 21.3 Å². The van der Waals surface area contributed by atoms with E-state index in [1.54, 1.807) is 0 Å². The Kier molecular flexibility index (Phi) is 4.66. The second-order valence-corrected chi connectivity index (χ2v) is 5.87. The fourth-order valence-corrected chi connectivity index (χ4v) is 3.31. The van der Waals surface area contributed by atoms with Gasteiger partial charge in [0.15, 0.2) is 0 Å². The first kappa shape index (κ1) is 12.4. The second kappa shape index (κ2) is 6.02. The number of ether oxygens (including phenoxy) is 1. The maximum Gasteiger partial charge on any atom is 0.0480 e. The van der Waals surface area contributed by atoms with Gasteiger partial charge in [0.25, 0.3) is 0 Å². The van der Waals surface area contributed by atoms with Crippen LogP contribution in [-0.4, -0.2) is 25.3 Å². The maximum absolute atomic E-state index is 5.40. The van der Waals surface area contributed by atoms with E-state index in [1.807, 2.05) is 0 Å². The van der Waals surface area contributed by atoms with Gasteiger partial charge in [-0.15, -0.1) is 0 Å². The maximum atomic E-state index is 5.40. The van der Waals surface area contributed by atoms with Gasteiger partial charge in [0.2, 0.25) is 0 Å². The van der Waals surface area contributed by atoms with Crippen LogP contribution in [0.4, 0.5) is 0 Å². The zero-order valence-corrected chi connectivity index (χ0v) is 10.9. The highest BCUT2D eigenvalue weighted by molar-refractivity contribution is 4.82. The van der Waals surface area contributed by atoms with E-state index in [2.05, 4.69) is 19.2 Å². The molecule has 0 radical (unpaired) electrons. The van der Waals surface area contributed by atoms with E-state index < -0.39 is 0 Å². The minimum Gasteiger partial charge on any atom is -0.381 e. The molecular formula is C14H27NO. The van der Waals surface area contributed by atoms with Gasteiger partial charge in [-0.25, -0.2) is 0 Å².